The van der Waals surface area contributed by atoms with E-state index in [1.165, 1.54) is 10.6 Å². The summed E-state index contributed by atoms with van der Waals surface area (Å²) >= 11 is 0. The Morgan fingerprint density at radius 2 is 1.96 bits per heavy atom. The van der Waals surface area contributed by atoms with Crippen molar-refractivity contribution in [2.45, 2.75) is 44.2 Å². The van der Waals surface area contributed by atoms with Crippen LogP contribution in [0.3, 0.4) is 0 Å². The van der Waals surface area contributed by atoms with Crippen LogP contribution in [0.5, 0.6) is 0 Å². The highest BCUT2D eigenvalue weighted by molar-refractivity contribution is 5.48. The van der Waals surface area contributed by atoms with Gasteiger partial charge in [0, 0.05) is 0 Å². The Balaban J connectivity index is 1.72. The van der Waals surface area contributed by atoms with E-state index in [9.17, 15) is 18.4 Å². The second kappa shape index (κ2) is 5.03. The minimum atomic E-state index is -0.911. The third-order valence-electron chi connectivity index (χ3n) is 5.06. The van der Waals surface area contributed by atoms with Gasteiger partial charge < -0.3 is 5.32 Å². The van der Waals surface area contributed by atoms with E-state index in [1.807, 2.05) is 6.92 Å². The van der Waals surface area contributed by atoms with Crippen LogP contribution in [0.2, 0.25) is 0 Å². The van der Waals surface area contributed by atoms with Gasteiger partial charge in [0.15, 0.2) is 11.6 Å². The van der Waals surface area contributed by atoms with Crippen molar-refractivity contribution in [2.75, 3.05) is 5.32 Å². The average molecular weight is 333 g/mol. The summed E-state index contributed by atoms with van der Waals surface area (Å²) in [7, 11) is 0. The van der Waals surface area contributed by atoms with Crippen LogP contribution in [0, 0.1) is 11.6 Å². The molecular formula is C17H17F2N3O2. The van der Waals surface area contributed by atoms with Gasteiger partial charge in [0.2, 0.25) is 0 Å². The summed E-state index contributed by atoms with van der Waals surface area (Å²) in [5.74, 6) is -1.43. The zero-order valence-electron chi connectivity index (χ0n) is 13.2. The normalized spacial score (nSPS) is 21.0. The lowest BCUT2D eigenvalue weighted by molar-refractivity contribution is 0.476. The van der Waals surface area contributed by atoms with Crippen molar-refractivity contribution in [3.05, 3.63) is 61.8 Å². The standard InChI is InChI=1S/C17H17F2N3O2/c1-17(6-7-17)22-15(23)10-3-5-13(20-14(10)21-16(22)24)9-2-4-11(18)12(19)8-9/h2,4,8,13,20H,3,5-7H2,1H3,(H,21,24)/t13-/m1/s1. The van der Waals surface area contributed by atoms with Crippen LogP contribution in [0.1, 0.15) is 43.4 Å². The number of hydrogen-bond donors (Lipinski definition) is 2. The van der Waals surface area contributed by atoms with E-state index in [0.717, 1.165) is 25.0 Å². The van der Waals surface area contributed by atoms with Crippen LogP contribution < -0.4 is 16.6 Å². The highest BCUT2D eigenvalue weighted by Gasteiger charge is 2.42. The average Bonchev–Trinajstić information content (AvgIpc) is 3.27. The van der Waals surface area contributed by atoms with Crippen LogP contribution in [0.25, 0.3) is 0 Å². The van der Waals surface area contributed by atoms with E-state index >= 15 is 0 Å². The molecule has 126 valence electrons. The number of aromatic nitrogens is 2. The van der Waals surface area contributed by atoms with E-state index in [1.54, 1.807) is 0 Å². The molecule has 2 N–H and O–H groups in total. The SMILES string of the molecule is CC1(n2c(=O)[nH]c3c(c2=O)CC[C@H](c2ccc(F)c(F)c2)N3)CC1. The zero-order valence-corrected chi connectivity index (χ0v) is 13.2. The first kappa shape index (κ1) is 15.1. The highest BCUT2D eigenvalue weighted by Crippen LogP contribution is 2.41. The molecule has 7 heteroatoms. The minimum Gasteiger partial charge on any atom is -0.364 e. The summed E-state index contributed by atoms with van der Waals surface area (Å²) in [6.07, 6.45) is 2.67. The molecule has 1 fully saturated rings. The molecule has 0 amide bonds. The Morgan fingerprint density at radius 3 is 2.62 bits per heavy atom. The van der Waals surface area contributed by atoms with Crippen molar-refractivity contribution in [3.63, 3.8) is 0 Å². The number of nitrogens with zero attached hydrogens (tertiary/aromatic N) is 1. The predicted octanol–water partition coefficient (Wildman–Crippen LogP) is 2.42. The molecule has 0 bridgehead atoms. The van der Waals surface area contributed by atoms with E-state index in [4.69, 9.17) is 0 Å². The molecule has 1 aromatic carbocycles. The third kappa shape index (κ3) is 2.26. The molecule has 1 aliphatic heterocycles. The minimum absolute atomic E-state index is 0.259. The number of H-pyrrole nitrogens is 1. The molecule has 2 aromatic rings. The maximum Gasteiger partial charge on any atom is 0.330 e. The van der Waals surface area contributed by atoms with Gasteiger partial charge in [-0.25, -0.2) is 13.6 Å². The van der Waals surface area contributed by atoms with Gasteiger partial charge in [0.05, 0.1) is 17.1 Å². The fourth-order valence-corrected chi connectivity index (χ4v) is 3.34. The molecule has 1 aromatic heterocycles. The molecule has 5 nitrogen and oxygen atoms in total. The van der Waals surface area contributed by atoms with E-state index < -0.39 is 17.3 Å². The van der Waals surface area contributed by atoms with Crippen LogP contribution >= 0.6 is 0 Å². The zero-order chi connectivity index (χ0) is 17.1. The Labute approximate surface area is 136 Å². The molecule has 2 heterocycles. The number of halogens is 2. The fraction of sp³-hybridized carbons (Fsp3) is 0.412. The van der Waals surface area contributed by atoms with Crippen LogP contribution in [-0.2, 0) is 12.0 Å². The monoisotopic (exact) mass is 333 g/mol. The summed E-state index contributed by atoms with van der Waals surface area (Å²) in [5.41, 5.74) is 0.0545. The quantitative estimate of drug-likeness (QED) is 0.887. The smallest absolute Gasteiger partial charge is 0.330 e. The molecule has 0 radical (unpaired) electrons. The fourth-order valence-electron chi connectivity index (χ4n) is 3.34. The number of benzene rings is 1. The molecule has 1 saturated carbocycles. The molecule has 0 unspecified atom stereocenters. The Bertz CT molecular complexity index is 944. The van der Waals surface area contributed by atoms with Gasteiger partial charge in [-0.2, -0.15) is 0 Å². The molecule has 1 aliphatic carbocycles. The predicted molar refractivity (Wildman–Crippen MR) is 85.2 cm³/mol. The lowest BCUT2D eigenvalue weighted by Crippen LogP contribution is -2.44. The van der Waals surface area contributed by atoms with Crippen molar-refractivity contribution < 1.29 is 8.78 Å². The molecule has 24 heavy (non-hydrogen) atoms. The van der Waals surface area contributed by atoms with E-state index in [0.29, 0.717) is 29.8 Å². The molecule has 2 aliphatic rings. The van der Waals surface area contributed by atoms with Crippen molar-refractivity contribution >= 4 is 5.82 Å². The summed E-state index contributed by atoms with van der Waals surface area (Å²) in [6, 6.07) is 3.44. The first-order chi connectivity index (χ1) is 11.4. The number of anilines is 1. The van der Waals surface area contributed by atoms with Gasteiger partial charge in [0.1, 0.15) is 5.82 Å². The highest BCUT2D eigenvalue weighted by atomic mass is 19.2. The van der Waals surface area contributed by atoms with Crippen LogP contribution in [0.4, 0.5) is 14.6 Å². The molecule has 0 spiro atoms. The van der Waals surface area contributed by atoms with Crippen molar-refractivity contribution in [1.82, 2.24) is 9.55 Å². The maximum absolute atomic E-state index is 13.4. The van der Waals surface area contributed by atoms with Crippen molar-refractivity contribution in [2.24, 2.45) is 0 Å². The summed E-state index contributed by atoms with van der Waals surface area (Å²) in [6.45, 7) is 1.90. The largest absolute Gasteiger partial charge is 0.364 e. The third-order valence-corrected chi connectivity index (χ3v) is 5.06. The topological polar surface area (TPSA) is 66.9 Å². The summed E-state index contributed by atoms with van der Waals surface area (Å²) in [4.78, 5) is 27.7. The van der Waals surface area contributed by atoms with E-state index in [2.05, 4.69) is 10.3 Å². The second-order valence-electron chi connectivity index (χ2n) is 6.83. The van der Waals surface area contributed by atoms with Gasteiger partial charge in [-0.1, -0.05) is 6.07 Å². The maximum atomic E-state index is 13.4. The Kier molecular flexibility index (Phi) is 3.16. The second-order valence-corrected chi connectivity index (χ2v) is 6.83. The lowest BCUT2D eigenvalue weighted by Gasteiger charge is -2.27. The van der Waals surface area contributed by atoms with Gasteiger partial charge in [-0.3, -0.25) is 14.3 Å². The van der Waals surface area contributed by atoms with Crippen molar-refractivity contribution in [1.29, 1.82) is 0 Å². The van der Waals surface area contributed by atoms with Crippen molar-refractivity contribution in [3.8, 4) is 0 Å². The van der Waals surface area contributed by atoms with E-state index in [-0.39, 0.29) is 17.1 Å². The molecular weight excluding hydrogens is 316 g/mol. The van der Waals surface area contributed by atoms with Gasteiger partial charge in [-0.05, 0) is 50.3 Å². The summed E-state index contributed by atoms with van der Waals surface area (Å²) in [5, 5.41) is 3.08. The first-order valence-corrected chi connectivity index (χ1v) is 7.99. The molecule has 1 atom stereocenters. The van der Waals surface area contributed by atoms with Gasteiger partial charge in [-0.15, -0.1) is 0 Å². The number of aromatic amines is 1. The summed E-state index contributed by atoms with van der Waals surface area (Å²) < 4.78 is 27.8. The van der Waals surface area contributed by atoms with Gasteiger partial charge >= 0.3 is 5.69 Å². The van der Waals surface area contributed by atoms with Crippen LogP contribution in [-0.4, -0.2) is 9.55 Å². The lowest BCUT2D eigenvalue weighted by atomic mass is 9.95. The Hall–Kier alpha value is -2.44. The van der Waals surface area contributed by atoms with Gasteiger partial charge in [0.25, 0.3) is 5.56 Å². The number of hydrogen-bond acceptors (Lipinski definition) is 3. The number of rotatable bonds is 2. The molecule has 4 rings (SSSR count). The first-order valence-electron chi connectivity index (χ1n) is 7.99. The van der Waals surface area contributed by atoms with Crippen LogP contribution in [0.15, 0.2) is 27.8 Å². The molecule has 0 saturated heterocycles. The number of nitrogens with one attached hydrogen (secondary N) is 2. The Morgan fingerprint density at radius 1 is 1.21 bits per heavy atom. The number of fused-ring (bicyclic) bond motifs is 1.